The van der Waals surface area contributed by atoms with Gasteiger partial charge in [0.15, 0.2) is 0 Å². The van der Waals surface area contributed by atoms with Crippen LogP contribution in [-0.2, 0) is 4.74 Å². The molecule has 1 unspecified atom stereocenters. The molecule has 154 valence electrons. The van der Waals surface area contributed by atoms with Gasteiger partial charge in [0.2, 0.25) is 0 Å². The van der Waals surface area contributed by atoms with Crippen LogP contribution in [0.3, 0.4) is 0 Å². The molecule has 0 aliphatic carbocycles. The van der Waals surface area contributed by atoms with Crippen LogP contribution in [0.5, 0.6) is 5.75 Å². The summed E-state index contributed by atoms with van der Waals surface area (Å²) in [5.74, 6) is 0.471. The van der Waals surface area contributed by atoms with Gasteiger partial charge in [-0.05, 0) is 30.5 Å². The molecule has 29 heavy (non-hydrogen) atoms. The van der Waals surface area contributed by atoms with Crippen molar-refractivity contribution in [2.75, 3.05) is 26.8 Å². The molecule has 6 nitrogen and oxygen atoms in total. The van der Waals surface area contributed by atoms with E-state index >= 15 is 0 Å². The van der Waals surface area contributed by atoms with Crippen LogP contribution in [0.25, 0.3) is 0 Å². The summed E-state index contributed by atoms with van der Waals surface area (Å²) in [5, 5.41) is 5.57. The van der Waals surface area contributed by atoms with E-state index < -0.39 is 6.09 Å². The van der Waals surface area contributed by atoms with Gasteiger partial charge in [-0.25, -0.2) is 4.79 Å². The van der Waals surface area contributed by atoms with E-state index in [4.69, 9.17) is 9.47 Å². The molecule has 2 aromatic carbocycles. The third-order valence-corrected chi connectivity index (χ3v) is 4.45. The van der Waals surface area contributed by atoms with Gasteiger partial charge < -0.3 is 20.1 Å². The molecular weight excluding hydrogens is 368 g/mol. The van der Waals surface area contributed by atoms with Crippen molar-refractivity contribution in [3.05, 3.63) is 78.4 Å². The number of rotatable bonds is 11. The lowest BCUT2D eigenvalue weighted by molar-refractivity contribution is 0.0947. The van der Waals surface area contributed by atoms with Crippen LogP contribution in [-0.4, -0.2) is 38.8 Å². The summed E-state index contributed by atoms with van der Waals surface area (Å²) in [5.41, 5.74) is 1.63. The number of carbonyl (C=O) groups is 2. The number of para-hydroxylation sites is 1. The van der Waals surface area contributed by atoms with Crippen LogP contribution < -0.4 is 15.4 Å². The highest BCUT2D eigenvalue weighted by Gasteiger charge is 2.16. The van der Waals surface area contributed by atoms with Gasteiger partial charge in [0, 0.05) is 19.0 Å². The van der Waals surface area contributed by atoms with Crippen LogP contribution in [0.1, 0.15) is 34.7 Å². The second kappa shape index (κ2) is 12.2. The Balaban J connectivity index is 1.92. The van der Waals surface area contributed by atoms with Crippen molar-refractivity contribution in [3.63, 3.8) is 0 Å². The Morgan fingerprint density at radius 2 is 1.79 bits per heavy atom. The maximum absolute atomic E-state index is 12.6. The molecule has 0 saturated carbocycles. The van der Waals surface area contributed by atoms with Gasteiger partial charge in [-0.15, -0.1) is 6.58 Å². The highest BCUT2D eigenvalue weighted by molar-refractivity contribution is 5.96. The number of benzene rings is 2. The molecule has 0 aliphatic heterocycles. The maximum atomic E-state index is 12.6. The Kier molecular flexibility index (Phi) is 9.29. The number of ether oxygens (including phenoxy) is 2. The van der Waals surface area contributed by atoms with E-state index in [0.29, 0.717) is 37.4 Å². The highest BCUT2D eigenvalue weighted by atomic mass is 16.5. The average molecular weight is 396 g/mol. The predicted molar refractivity (Wildman–Crippen MR) is 113 cm³/mol. The van der Waals surface area contributed by atoms with Crippen molar-refractivity contribution in [1.29, 1.82) is 0 Å². The summed E-state index contributed by atoms with van der Waals surface area (Å²) >= 11 is 0. The minimum atomic E-state index is -0.453. The standard InChI is InChI=1S/C23H28N2O4/c1-3-15-24-23(27)29-16-9-12-19(18-10-5-4-6-11-18)17-25-22(26)20-13-7-8-14-21(20)28-2/h3-8,10-11,13-14,19H,1,9,12,15-17H2,2H3,(H,24,27)(H,25,26). The van der Waals surface area contributed by atoms with Crippen molar-refractivity contribution in [2.24, 2.45) is 0 Å². The van der Waals surface area contributed by atoms with Crippen LogP contribution in [0.15, 0.2) is 67.3 Å². The quantitative estimate of drug-likeness (QED) is 0.446. The van der Waals surface area contributed by atoms with Gasteiger partial charge in [0.25, 0.3) is 5.91 Å². The molecule has 0 aromatic heterocycles. The minimum Gasteiger partial charge on any atom is -0.496 e. The SMILES string of the molecule is C=CCNC(=O)OCCCC(CNC(=O)c1ccccc1OC)c1ccccc1. The molecule has 0 spiro atoms. The van der Waals surface area contributed by atoms with Gasteiger partial charge in [-0.3, -0.25) is 4.79 Å². The lowest BCUT2D eigenvalue weighted by Crippen LogP contribution is -2.29. The first-order chi connectivity index (χ1) is 14.2. The molecule has 0 fully saturated rings. The smallest absolute Gasteiger partial charge is 0.407 e. The molecule has 2 amide bonds. The molecule has 2 rings (SSSR count). The Hall–Kier alpha value is -3.28. The van der Waals surface area contributed by atoms with E-state index in [-0.39, 0.29) is 11.8 Å². The van der Waals surface area contributed by atoms with Crippen LogP contribution in [0.4, 0.5) is 4.79 Å². The van der Waals surface area contributed by atoms with Crippen molar-refractivity contribution < 1.29 is 19.1 Å². The summed E-state index contributed by atoms with van der Waals surface area (Å²) < 4.78 is 10.4. The molecule has 0 aliphatic rings. The maximum Gasteiger partial charge on any atom is 0.407 e. The van der Waals surface area contributed by atoms with E-state index in [2.05, 4.69) is 17.2 Å². The number of hydrogen-bond donors (Lipinski definition) is 2. The number of hydrogen-bond acceptors (Lipinski definition) is 4. The third kappa shape index (κ3) is 7.33. The van der Waals surface area contributed by atoms with E-state index in [1.807, 2.05) is 36.4 Å². The van der Waals surface area contributed by atoms with Gasteiger partial charge >= 0.3 is 6.09 Å². The molecule has 1 atom stereocenters. The van der Waals surface area contributed by atoms with Crippen LogP contribution >= 0.6 is 0 Å². The van der Waals surface area contributed by atoms with E-state index in [9.17, 15) is 9.59 Å². The predicted octanol–water partition coefficient (Wildman–Crippen LogP) is 3.90. The zero-order valence-electron chi connectivity index (χ0n) is 16.7. The van der Waals surface area contributed by atoms with Crippen molar-refractivity contribution in [3.8, 4) is 5.75 Å². The molecule has 6 heteroatoms. The van der Waals surface area contributed by atoms with Crippen molar-refractivity contribution in [1.82, 2.24) is 10.6 Å². The number of nitrogens with one attached hydrogen (secondary N) is 2. The fourth-order valence-corrected chi connectivity index (χ4v) is 2.96. The fourth-order valence-electron chi connectivity index (χ4n) is 2.96. The molecule has 0 saturated heterocycles. The average Bonchev–Trinajstić information content (AvgIpc) is 2.77. The zero-order valence-corrected chi connectivity index (χ0v) is 16.7. The van der Waals surface area contributed by atoms with E-state index in [1.165, 1.54) is 0 Å². The van der Waals surface area contributed by atoms with Gasteiger partial charge in [0.1, 0.15) is 5.75 Å². The molecule has 0 heterocycles. The molecule has 2 N–H and O–H groups in total. The minimum absolute atomic E-state index is 0.106. The summed E-state index contributed by atoms with van der Waals surface area (Å²) in [6.07, 6.45) is 2.60. The monoisotopic (exact) mass is 396 g/mol. The number of methoxy groups -OCH3 is 1. The second-order valence-corrected chi connectivity index (χ2v) is 6.47. The first kappa shape index (κ1) is 22.0. The summed E-state index contributed by atoms with van der Waals surface area (Å²) in [6, 6.07) is 17.1. The Morgan fingerprint density at radius 3 is 2.52 bits per heavy atom. The summed E-state index contributed by atoms with van der Waals surface area (Å²) in [4.78, 5) is 24.1. The van der Waals surface area contributed by atoms with E-state index in [0.717, 1.165) is 12.0 Å². The molecule has 0 radical (unpaired) electrons. The number of carbonyl (C=O) groups excluding carboxylic acids is 2. The lowest BCUT2D eigenvalue weighted by atomic mass is 9.94. The van der Waals surface area contributed by atoms with Crippen molar-refractivity contribution >= 4 is 12.0 Å². The largest absolute Gasteiger partial charge is 0.496 e. The fraction of sp³-hybridized carbons (Fsp3) is 0.304. The molecule has 2 aromatic rings. The normalized spacial score (nSPS) is 11.2. The third-order valence-electron chi connectivity index (χ3n) is 4.45. The molecule has 0 bridgehead atoms. The number of amides is 2. The second-order valence-electron chi connectivity index (χ2n) is 6.47. The van der Waals surface area contributed by atoms with E-state index in [1.54, 1.807) is 31.4 Å². The van der Waals surface area contributed by atoms with Gasteiger partial charge in [-0.2, -0.15) is 0 Å². The molecular formula is C23H28N2O4. The number of alkyl carbamates (subject to hydrolysis) is 1. The van der Waals surface area contributed by atoms with Crippen LogP contribution in [0.2, 0.25) is 0 Å². The van der Waals surface area contributed by atoms with Gasteiger partial charge in [-0.1, -0.05) is 48.5 Å². The highest BCUT2D eigenvalue weighted by Crippen LogP contribution is 2.22. The lowest BCUT2D eigenvalue weighted by Gasteiger charge is -2.19. The van der Waals surface area contributed by atoms with Crippen LogP contribution in [0, 0.1) is 0 Å². The first-order valence-corrected chi connectivity index (χ1v) is 9.63. The first-order valence-electron chi connectivity index (χ1n) is 9.63. The topological polar surface area (TPSA) is 76.7 Å². The zero-order chi connectivity index (χ0) is 20.9. The summed E-state index contributed by atoms with van der Waals surface area (Å²) in [7, 11) is 1.55. The Labute approximate surface area is 171 Å². The van der Waals surface area contributed by atoms with Crippen molar-refractivity contribution in [2.45, 2.75) is 18.8 Å². The Morgan fingerprint density at radius 1 is 1.07 bits per heavy atom. The van der Waals surface area contributed by atoms with Gasteiger partial charge in [0.05, 0.1) is 19.3 Å². The summed E-state index contributed by atoms with van der Waals surface area (Å²) in [6.45, 7) is 4.70. The Bertz CT molecular complexity index is 792.